The van der Waals surface area contributed by atoms with E-state index in [1.807, 2.05) is 18.2 Å². The predicted octanol–water partition coefficient (Wildman–Crippen LogP) is 1.14. The van der Waals surface area contributed by atoms with E-state index in [0.29, 0.717) is 11.5 Å². The molecule has 2 N–H and O–H groups in total. The second-order valence-electron chi connectivity index (χ2n) is 3.25. The van der Waals surface area contributed by atoms with Crippen molar-refractivity contribution < 1.29 is 4.42 Å². The van der Waals surface area contributed by atoms with Crippen LogP contribution >= 0.6 is 12.6 Å². The first kappa shape index (κ1) is 10.3. The molecule has 80 valence electrons. The lowest BCUT2D eigenvalue weighted by molar-refractivity contribution is 0.555. The van der Waals surface area contributed by atoms with Crippen molar-refractivity contribution in [2.75, 3.05) is 12.4 Å². The third kappa shape index (κ3) is 2.43. The fourth-order valence-electron chi connectivity index (χ4n) is 1.46. The van der Waals surface area contributed by atoms with Crippen LogP contribution in [0, 0.1) is 0 Å². The minimum atomic E-state index is -0.407. The van der Waals surface area contributed by atoms with Crippen LogP contribution in [-0.4, -0.2) is 17.4 Å². The van der Waals surface area contributed by atoms with Gasteiger partial charge in [-0.2, -0.15) is 12.6 Å². The summed E-state index contributed by atoms with van der Waals surface area (Å²) >= 11 is 4.05. The zero-order chi connectivity index (χ0) is 10.7. The van der Waals surface area contributed by atoms with Crippen LogP contribution < -0.4 is 11.1 Å². The second kappa shape index (κ2) is 4.55. The molecular formula is C10H12N2O2S. The van der Waals surface area contributed by atoms with Crippen LogP contribution in [0.2, 0.25) is 0 Å². The van der Waals surface area contributed by atoms with Gasteiger partial charge in [0.1, 0.15) is 0 Å². The Morgan fingerprint density at radius 3 is 3.13 bits per heavy atom. The maximum Gasteiger partial charge on any atom is 0.417 e. The molecule has 0 aliphatic heterocycles. The van der Waals surface area contributed by atoms with E-state index < -0.39 is 5.76 Å². The van der Waals surface area contributed by atoms with E-state index >= 15 is 0 Å². The minimum absolute atomic E-state index is 0.407. The quantitative estimate of drug-likeness (QED) is 0.414. The standard InChI is InChI=1S/C10H12N2O2S/c13-10-12-8-2-1-7(3-4-11-6-15)5-9(8)14-10/h1-2,5,11,15H,3-4,6H2,(H,12,13). The summed E-state index contributed by atoms with van der Waals surface area (Å²) in [7, 11) is 0. The molecule has 0 spiro atoms. The van der Waals surface area contributed by atoms with Gasteiger partial charge in [0.05, 0.1) is 5.52 Å². The van der Waals surface area contributed by atoms with Gasteiger partial charge in [-0.05, 0) is 30.7 Å². The van der Waals surface area contributed by atoms with E-state index in [-0.39, 0.29) is 0 Å². The molecule has 4 nitrogen and oxygen atoms in total. The Bertz CT molecular complexity index is 503. The molecule has 2 rings (SSSR count). The van der Waals surface area contributed by atoms with E-state index in [1.165, 1.54) is 0 Å². The molecule has 0 aliphatic carbocycles. The first-order valence-electron chi connectivity index (χ1n) is 4.73. The number of benzene rings is 1. The highest BCUT2D eigenvalue weighted by Gasteiger charge is 2.01. The Balaban J connectivity index is 2.19. The van der Waals surface area contributed by atoms with Gasteiger partial charge in [-0.1, -0.05) is 6.07 Å². The van der Waals surface area contributed by atoms with Crippen LogP contribution in [0.15, 0.2) is 27.4 Å². The number of rotatable bonds is 4. The number of aromatic amines is 1. The fraction of sp³-hybridized carbons (Fsp3) is 0.300. The van der Waals surface area contributed by atoms with Gasteiger partial charge >= 0.3 is 5.76 Å². The molecule has 1 heterocycles. The monoisotopic (exact) mass is 224 g/mol. The predicted molar refractivity (Wildman–Crippen MR) is 62.4 cm³/mol. The Hall–Kier alpha value is -1.20. The highest BCUT2D eigenvalue weighted by atomic mass is 32.1. The zero-order valence-corrected chi connectivity index (χ0v) is 9.01. The summed E-state index contributed by atoms with van der Waals surface area (Å²) in [6.45, 7) is 0.865. The molecule has 1 aromatic carbocycles. The summed E-state index contributed by atoms with van der Waals surface area (Å²) < 4.78 is 4.97. The molecule has 0 radical (unpaired) electrons. The third-order valence-electron chi connectivity index (χ3n) is 2.19. The molecule has 0 bridgehead atoms. The second-order valence-corrected chi connectivity index (χ2v) is 3.57. The van der Waals surface area contributed by atoms with Gasteiger partial charge in [0.25, 0.3) is 0 Å². The molecule has 0 saturated carbocycles. The van der Waals surface area contributed by atoms with Crippen LogP contribution in [-0.2, 0) is 6.42 Å². The van der Waals surface area contributed by atoms with Crippen molar-refractivity contribution in [2.24, 2.45) is 0 Å². The van der Waals surface area contributed by atoms with Crippen molar-refractivity contribution in [1.82, 2.24) is 10.3 Å². The van der Waals surface area contributed by atoms with Gasteiger partial charge in [0.15, 0.2) is 5.58 Å². The van der Waals surface area contributed by atoms with Gasteiger partial charge in [-0.25, -0.2) is 4.79 Å². The molecule has 0 amide bonds. The smallest absolute Gasteiger partial charge is 0.408 e. The Labute approximate surface area is 92.1 Å². The zero-order valence-electron chi connectivity index (χ0n) is 8.12. The van der Waals surface area contributed by atoms with Gasteiger partial charge < -0.3 is 9.73 Å². The molecule has 2 aromatic rings. The maximum absolute atomic E-state index is 10.9. The number of fused-ring (bicyclic) bond motifs is 1. The van der Waals surface area contributed by atoms with Crippen molar-refractivity contribution >= 4 is 23.7 Å². The van der Waals surface area contributed by atoms with Crippen LogP contribution in [0.4, 0.5) is 0 Å². The molecule has 15 heavy (non-hydrogen) atoms. The van der Waals surface area contributed by atoms with Crippen LogP contribution in [0.3, 0.4) is 0 Å². The number of oxazole rings is 1. The lowest BCUT2D eigenvalue weighted by Gasteiger charge is -2.01. The van der Waals surface area contributed by atoms with E-state index in [9.17, 15) is 4.79 Å². The topological polar surface area (TPSA) is 58.0 Å². The van der Waals surface area contributed by atoms with Crippen LogP contribution in [0.5, 0.6) is 0 Å². The van der Waals surface area contributed by atoms with Crippen molar-refractivity contribution in [3.8, 4) is 0 Å². The minimum Gasteiger partial charge on any atom is -0.408 e. The van der Waals surface area contributed by atoms with E-state index in [2.05, 4.69) is 22.9 Å². The summed E-state index contributed by atoms with van der Waals surface area (Å²) in [5.74, 6) is 0.261. The van der Waals surface area contributed by atoms with Crippen LogP contribution in [0.1, 0.15) is 5.56 Å². The van der Waals surface area contributed by atoms with Gasteiger partial charge in [0.2, 0.25) is 0 Å². The summed E-state index contributed by atoms with van der Waals surface area (Å²) in [4.78, 5) is 13.5. The number of nitrogens with one attached hydrogen (secondary N) is 2. The molecule has 0 saturated heterocycles. The fourth-order valence-corrected chi connectivity index (χ4v) is 1.62. The Kier molecular flexibility index (Phi) is 3.13. The molecule has 5 heteroatoms. The molecule has 0 fully saturated rings. The largest absolute Gasteiger partial charge is 0.417 e. The van der Waals surface area contributed by atoms with Gasteiger partial charge in [-0.15, -0.1) is 0 Å². The van der Waals surface area contributed by atoms with E-state index in [4.69, 9.17) is 4.42 Å². The normalized spacial score (nSPS) is 11.0. The maximum atomic E-state index is 10.9. The van der Waals surface area contributed by atoms with Crippen molar-refractivity contribution in [3.63, 3.8) is 0 Å². The third-order valence-corrected chi connectivity index (χ3v) is 2.41. The number of thiol groups is 1. The lowest BCUT2D eigenvalue weighted by atomic mass is 10.1. The Morgan fingerprint density at radius 2 is 2.33 bits per heavy atom. The molecular weight excluding hydrogens is 212 g/mol. The SMILES string of the molecule is O=c1[nH]c2ccc(CCNCS)cc2o1. The summed E-state index contributed by atoms with van der Waals surface area (Å²) in [5, 5.41) is 3.11. The summed E-state index contributed by atoms with van der Waals surface area (Å²) in [5.41, 5.74) is 2.49. The summed E-state index contributed by atoms with van der Waals surface area (Å²) in [6, 6.07) is 5.72. The first-order chi connectivity index (χ1) is 7.29. The first-order valence-corrected chi connectivity index (χ1v) is 5.36. The van der Waals surface area contributed by atoms with Crippen LogP contribution in [0.25, 0.3) is 11.1 Å². The van der Waals surface area contributed by atoms with E-state index in [1.54, 1.807) is 0 Å². The highest BCUT2D eigenvalue weighted by Crippen LogP contribution is 2.12. The average Bonchev–Trinajstić information content (AvgIpc) is 2.57. The molecule has 1 aromatic heterocycles. The molecule has 0 unspecified atom stereocenters. The van der Waals surface area contributed by atoms with E-state index in [0.717, 1.165) is 24.0 Å². The molecule has 0 atom stereocenters. The average molecular weight is 224 g/mol. The highest BCUT2D eigenvalue weighted by molar-refractivity contribution is 7.80. The van der Waals surface area contributed by atoms with Crippen molar-refractivity contribution in [1.29, 1.82) is 0 Å². The number of hydrogen-bond acceptors (Lipinski definition) is 4. The molecule has 0 aliphatic rings. The number of H-pyrrole nitrogens is 1. The van der Waals surface area contributed by atoms with Gasteiger partial charge in [-0.3, -0.25) is 4.98 Å². The summed E-state index contributed by atoms with van der Waals surface area (Å²) in [6.07, 6.45) is 0.894. The van der Waals surface area contributed by atoms with Crippen molar-refractivity contribution in [2.45, 2.75) is 6.42 Å². The Morgan fingerprint density at radius 1 is 1.47 bits per heavy atom. The number of aromatic nitrogens is 1. The van der Waals surface area contributed by atoms with Crippen molar-refractivity contribution in [3.05, 3.63) is 34.3 Å². The number of hydrogen-bond donors (Lipinski definition) is 3. The van der Waals surface area contributed by atoms with Gasteiger partial charge in [0, 0.05) is 5.88 Å². The lowest BCUT2D eigenvalue weighted by Crippen LogP contribution is -2.14.